The zero-order valence-corrected chi connectivity index (χ0v) is 13.1. The fourth-order valence-corrected chi connectivity index (χ4v) is 5.26. The van der Waals surface area contributed by atoms with E-state index in [-0.39, 0.29) is 0 Å². The smallest absolute Gasteiger partial charge is 0.0482 e. The maximum Gasteiger partial charge on any atom is 0.0482 e. The fourth-order valence-electron chi connectivity index (χ4n) is 3.43. The zero-order valence-electron chi connectivity index (χ0n) is 10.7. The van der Waals surface area contributed by atoms with Crippen LogP contribution in [-0.2, 0) is 0 Å². The predicted octanol–water partition coefficient (Wildman–Crippen LogP) is 3.65. The SMILES string of the molecule is Brc1ccsc1[C@H](C1CCCC1)N1CCNCC1. The molecule has 0 spiro atoms. The lowest BCUT2D eigenvalue weighted by Gasteiger charge is -2.38. The molecule has 1 atom stereocenters. The van der Waals surface area contributed by atoms with Crippen molar-refractivity contribution in [3.8, 4) is 0 Å². The molecule has 4 heteroatoms. The van der Waals surface area contributed by atoms with Gasteiger partial charge in [-0.3, -0.25) is 4.90 Å². The molecule has 2 heterocycles. The molecule has 1 aromatic heterocycles. The molecular weight excluding hydrogens is 308 g/mol. The van der Waals surface area contributed by atoms with E-state index in [4.69, 9.17) is 0 Å². The molecule has 18 heavy (non-hydrogen) atoms. The number of hydrogen-bond acceptors (Lipinski definition) is 3. The van der Waals surface area contributed by atoms with E-state index in [9.17, 15) is 0 Å². The van der Waals surface area contributed by atoms with Gasteiger partial charge in [0.1, 0.15) is 0 Å². The lowest BCUT2D eigenvalue weighted by atomic mass is 9.94. The van der Waals surface area contributed by atoms with Gasteiger partial charge in [-0.1, -0.05) is 12.8 Å². The molecule has 2 fully saturated rings. The highest BCUT2D eigenvalue weighted by atomic mass is 79.9. The minimum Gasteiger partial charge on any atom is -0.314 e. The molecule has 1 aliphatic carbocycles. The number of thiophene rings is 1. The first-order valence-electron chi connectivity index (χ1n) is 7.04. The van der Waals surface area contributed by atoms with Crippen molar-refractivity contribution in [2.45, 2.75) is 31.7 Å². The largest absolute Gasteiger partial charge is 0.314 e. The topological polar surface area (TPSA) is 15.3 Å². The van der Waals surface area contributed by atoms with Gasteiger partial charge in [-0.05, 0) is 46.1 Å². The van der Waals surface area contributed by atoms with Crippen molar-refractivity contribution < 1.29 is 0 Å². The number of nitrogens with one attached hydrogen (secondary N) is 1. The minimum atomic E-state index is 0.656. The first kappa shape index (κ1) is 13.1. The molecule has 1 saturated carbocycles. The Labute approximate surface area is 122 Å². The molecule has 0 radical (unpaired) electrons. The molecule has 1 N–H and O–H groups in total. The van der Waals surface area contributed by atoms with Gasteiger partial charge in [0.2, 0.25) is 0 Å². The van der Waals surface area contributed by atoms with Crippen LogP contribution in [0.1, 0.15) is 36.6 Å². The number of halogens is 1. The molecule has 1 aliphatic heterocycles. The third-order valence-electron chi connectivity index (χ3n) is 4.30. The van der Waals surface area contributed by atoms with Crippen LogP contribution in [-0.4, -0.2) is 31.1 Å². The molecule has 0 aromatic carbocycles. The highest BCUT2D eigenvalue weighted by Crippen LogP contribution is 2.43. The van der Waals surface area contributed by atoms with Crippen molar-refractivity contribution in [1.29, 1.82) is 0 Å². The summed E-state index contributed by atoms with van der Waals surface area (Å²) >= 11 is 5.68. The van der Waals surface area contributed by atoms with Crippen molar-refractivity contribution >= 4 is 27.3 Å². The van der Waals surface area contributed by atoms with Crippen LogP contribution < -0.4 is 5.32 Å². The average molecular weight is 329 g/mol. The molecule has 2 nitrogen and oxygen atoms in total. The molecular formula is C14H21BrN2S. The molecule has 0 bridgehead atoms. The van der Waals surface area contributed by atoms with E-state index >= 15 is 0 Å². The monoisotopic (exact) mass is 328 g/mol. The standard InChI is InChI=1S/C14H21BrN2S/c15-12-5-10-18-14(12)13(11-3-1-2-4-11)17-8-6-16-7-9-17/h5,10-11,13,16H,1-4,6-9H2/t13-/m0/s1. The Morgan fingerprint density at radius 3 is 2.61 bits per heavy atom. The Morgan fingerprint density at radius 2 is 2.00 bits per heavy atom. The Hall–Kier alpha value is 0.1000. The van der Waals surface area contributed by atoms with Gasteiger partial charge in [-0.15, -0.1) is 11.3 Å². The summed E-state index contributed by atoms with van der Waals surface area (Å²) in [5.74, 6) is 0.873. The van der Waals surface area contributed by atoms with Crippen LogP contribution in [0.5, 0.6) is 0 Å². The molecule has 0 unspecified atom stereocenters. The third kappa shape index (κ3) is 2.67. The van der Waals surface area contributed by atoms with Gasteiger partial charge in [0, 0.05) is 41.6 Å². The van der Waals surface area contributed by atoms with Gasteiger partial charge in [0.25, 0.3) is 0 Å². The first-order valence-corrected chi connectivity index (χ1v) is 8.71. The molecule has 0 amide bonds. The van der Waals surface area contributed by atoms with E-state index in [1.807, 2.05) is 11.3 Å². The van der Waals surface area contributed by atoms with Gasteiger partial charge in [0.05, 0.1) is 0 Å². The molecule has 3 rings (SSSR count). The average Bonchev–Trinajstić information content (AvgIpc) is 3.05. The normalized spacial score (nSPS) is 24.5. The summed E-state index contributed by atoms with van der Waals surface area (Å²) in [5, 5.41) is 5.70. The van der Waals surface area contributed by atoms with E-state index in [2.05, 4.69) is 37.6 Å². The number of rotatable bonds is 3. The fraction of sp³-hybridized carbons (Fsp3) is 0.714. The van der Waals surface area contributed by atoms with Crippen LogP contribution in [0.25, 0.3) is 0 Å². The summed E-state index contributed by atoms with van der Waals surface area (Å²) in [6.45, 7) is 4.69. The quantitative estimate of drug-likeness (QED) is 0.911. The molecule has 2 aliphatic rings. The summed E-state index contributed by atoms with van der Waals surface area (Å²) in [5.41, 5.74) is 0. The Morgan fingerprint density at radius 1 is 1.28 bits per heavy atom. The van der Waals surface area contributed by atoms with Crippen LogP contribution in [0, 0.1) is 5.92 Å². The summed E-state index contributed by atoms with van der Waals surface area (Å²) in [6.07, 6.45) is 5.68. The summed E-state index contributed by atoms with van der Waals surface area (Å²) in [4.78, 5) is 4.27. The highest BCUT2D eigenvalue weighted by Gasteiger charge is 2.33. The molecule has 100 valence electrons. The Bertz CT molecular complexity index is 381. The maximum atomic E-state index is 3.75. The van der Waals surface area contributed by atoms with Gasteiger partial charge < -0.3 is 5.32 Å². The molecule has 1 aromatic rings. The lowest BCUT2D eigenvalue weighted by molar-refractivity contribution is 0.127. The van der Waals surface area contributed by atoms with Gasteiger partial charge >= 0.3 is 0 Å². The second kappa shape index (κ2) is 6.04. The number of hydrogen-bond donors (Lipinski definition) is 1. The zero-order chi connectivity index (χ0) is 12.4. The first-order chi connectivity index (χ1) is 8.86. The lowest BCUT2D eigenvalue weighted by Crippen LogP contribution is -2.46. The second-order valence-corrected chi connectivity index (χ2v) is 7.21. The van der Waals surface area contributed by atoms with E-state index in [1.54, 1.807) is 4.88 Å². The molecule has 1 saturated heterocycles. The maximum absolute atomic E-state index is 3.75. The number of piperazine rings is 1. The Balaban J connectivity index is 1.85. The van der Waals surface area contributed by atoms with Crippen LogP contribution in [0.15, 0.2) is 15.9 Å². The van der Waals surface area contributed by atoms with Crippen molar-refractivity contribution in [2.24, 2.45) is 5.92 Å². The van der Waals surface area contributed by atoms with E-state index in [1.165, 1.54) is 43.2 Å². The second-order valence-electron chi connectivity index (χ2n) is 5.41. The summed E-state index contributed by atoms with van der Waals surface area (Å²) in [6, 6.07) is 2.87. The minimum absolute atomic E-state index is 0.656. The van der Waals surface area contributed by atoms with Crippen molar-refractivity contribution in [3.05, 3.63) is 20.8 Å². The predicted molar refractivity (Wildman–Crippen MR) is 81.2 cm³/mol. The van der Waals surface area contributed by atoms with Gasteiger partial charge in [-0.25, -0.2) is 0 Å². The van der Waals surface area contributed by atoms with E-state index in [0.717, 1.165) is 19.0 Å². The van der Waals surface area contributed by atoms with Gasteiger partial charge in [-0.2, -0.15) is 0 Å². The van der Waals surface area contributed by atoms with Crippen LogP contribution in [0.4, 0.5) is 0 Å². The highest BCUT2D eigenvalue weighted by molar-refractivity contribution is 9.10. The van der Waals surface area contributed by atoms with E-state index < -0.39 is 0 Å². The van der Waals surface area contributed by atoms with Crippen LogP contribution >= 0.6 is 27.3 Å². The van der Waals surface area contributed by atoms with E-state index in [0.29, 0.717) is 6.04 Å². The summed E-state index contributed by atoms with van der Waals surface area (Å²) < 4.78 is 1.32. The van der Waals surface area contributed by atoms with Crippen molar-refractivity contribution in [3.63, 3.8) is 0 Å². The van der Waals surface area contributed by atoms with Crippen LogP contribution in [0.2, 0.25) is 0 Å². The number of nitrogens with zero attached hydrogens (tertiary/aromatic N) is 1. The Kier molecular flexibility index (Phi) is 4.39. The van der Waals surface area contributed by atoms with Gasteiger partial charge in [0.15, 0.2) is 0 Å². The van der Waals surface area contributed by atoms with Crippen molar-refractivity contribution in [2.75, 3.05) is 26.2 Å². The van der Waals surface area contributed by atoms with Crippen molar-refractivity contribution in [1.82, 2.24) is 10.2 Å². The third-order valence-corrected chi connectivity index (χ3v) is 6.25. The summed E-state index contributed by atoms with van der Waals surface area (Å²) in [7, 11) is 0. The van der Waals surface area contributed by atoms with Crippen LogP contribution in [0.3, 0.4) is 0 Å².